The van der Waals surface area contributed by atoms with E-state index in [0.717, 1.165) is 25.0 Å². The molecule has 0 aliphatic carbocycles. The van der Waals surface area contributed by atoms with Crippen LogP contribution in [-0.2, 0) is 20.9 Å². The van der Waals surface area contributed by atoms with Gasteiger partial charge in [-0.1, -0.05) is 18.2 Å². The highest BCUT2D eigenvalue weighted by molar-refractivity contribution is 6.02. The average molecular weight is 345 g/mol. The Morgan fingerprint density at radius 3 is 2.68 bits per heavy atom. The summed E-state index contributed by atoms with van der Waals surface area (Å²) in [5.74, 6) is -0.340. The molecule has 0 bridgehead atoms. The Bertz CT molecular complexity index is 654. The number of hydrogen-bond donors (Lipinski definition) is 2. The molecule has 0 radical (unpaired) electrons. The van der Waals surface area contributed by atoms with E-state index in [1.807, 2.05) is 13.0 Å². The summed E-state index contributed by atoms with van der Waals surface area (Å²) >= 11 is 0. The summed E-state index contributed by atoms with van der Waals surface area (Å²) in [6.45, 7) is 2.83. The summed E-state index contributed by atoms with van der Waals surface area (Å²) in [7, 11) is 0. The Labute approximate surface area is 146 Å². The second-order valence-electron chi connectivity index (χ2n) is 6.47. The van der Waals surface area contributed by atoms with E-state index < -0.39 is 0 Å². The molecule has 0 unspecified atom stereocenters. The van der Waals surface area contributed by atoms with Gasteiger partial charge in [-0.2, -0.15) is 0 Å². The monoisotopic (exact) mass is 345 g/mol. The standard InChI is InChI=1S/C18H23N3O4/c1-12(15-7-4-10-25-15)19-18(24)20-14-6-3-2-5-13(14)11-21-16(22)8-9-17(21)23/h2-3,5-6,12,15H,4,7-11H2,1H3,(H2,19,20,24)/t12-,15+/m0/s1. The van der Waals surface area contributed by atoms with Crippen molar-refractivity contribution in [3.63, 3.8) is 0 Å². The van der Waals surface area contributed by atoms with Crippen LogP contribution in [0.25, 0.3) is 0 Å². The van der Waals surface area contributed by atoms with E-state index >= 15 is 0 Å². The van der Waals surface area contributed by atoms with Gasteiger partial charge in [0.2, 0.25) is 11.8 Å². The summed E-state index contributed by atoms with van der Waals surface area (Å²) in [6, 6.07) is 6.77. The summed E-state index contributed by atoms with van der Waals surface area (Å²) in [6.07, 6.45) is 2.51. The molecule has 3 rings (SSSR count). The van der Waals surface area contributed by atoms with Crippen molar-refractivity contribution in [2.45, 2.75) is 51.3 Å². The van der Waals surface area contributed by atoms with Gasteiger partial charge >= 0.3 is 6.03 Å². The molecular formula is C18H23N3O4. The molecule has 2 aliphatic rings. The van der Waals surface area contributed by atoms with E-state index in [0.29, 0.717) is 5.69 Å². The fourth-order valence-corrected chi connectivity index (χ4v) is 3.20. The van der Waals surface area contributed by atoms with Crippen molar-refractivity contribution in [1.29, 1.82) is 0 Å². The van der Waals surface area contributed by atoms with Crippen LogP contribution in [0.4, 0.5) is 10.5 Å². The molecule has 0 saturated carbocycles. The van der Waals surface area contributed by atoms with Gasteiger partial charge in [0, 0.05) is 25.1 Å². The number of nitrogens with one attached hydrogen (secondary N) is 2. The summed E-state index contributed by atoms with van der Waals surface area (Å²) in [5.41, 5.74) is 1.32. The van der Waals surface area contributed by atoms with Crippen molar-refractivity contribution >= 4 is 23.5 Å². The molecule has 2 saturated heterocycles. The number of anilines is 1. The van der Waals surface area contributed by atoms with Crippen LogP contribution >= 0.6 is 0 Å². The number of benzene rings is 1. The summed E-state index contributed by atoms with van der Waals surface area (Å²) in [4.78, 5) is 37.1. The molecule has 2 N–H and O–H groups in total. The molecular weight excluding hydrogens is 322 g/mol. The lowest BCUT2D eigenvalue weighted by molar-refractivity contribution is -0.139. The predicted molar refractivity (Wildman–Crippen MR) is 91.8 cm³/mol. The number of hydrogen-bond acceptors (Lipinski definition) is 4. The van der Waals surface area contributed by atoms with Gasteiger partial charge in [-0.05, 0) is 31.4 Å². The minimum absolute atomic E-state index is 0.0424. The molecule has 1 aromatic carbocycles. The fraction of sp³-hybridized carbons (Fsp3) is 0.500. The molecule has 7 heteroatoms. The van der Waals surface area contributed by atoms with Crippen molar-refractivity contribution < 1.29 is 19.1 Å². The number of imide groups is 1. The van der Waals surface area contributed by atoms with E-state index in [-0.39, 0.29) is 49.4 Å². The SMILES string of the molecule is C[C@H](NC(=O)Nc1ccccc1CN1C(=O)CCC1=O)[C@H]1CCCO1. The lowest BCUT2D eigenvalue weighted by atomic mass is 10.1. The second-order valence-corrected chi connectivity index (χ2v) is 6.47. The van der Waals surface area contributed by atoms with Crippen LogP contribution in [0.5, 0.6) is 0 Å². The van der Waals surface area contributed by atoms with E-state index in [1.165, 1.54) is 4.90 Å². The number of para-hydroxylation sites is 1. The lowest BCUT2D eigenvalue weighted by Crippen LogP contribution is -2.43. The van der Waals surface area contributed by atoms with Gasteiger partial charge in [-0.25, -0.2) is 4.79 Å². The number of carbonyl (C=O) groups is 3. The van der Waals surface area contributed by atoms with Gasteiger partial charge < -0.3 is 15.4 Å². The zero-order valence-electron chi connectivity index (χ0n) is 14.3. The van der Waals surface area contributed by atoms with Crippen LogP contribution in [0.15, 0.2) is 24.3 Å². The molecule has 4 amide bonds. The summed E-state index contributed by atoms with van der Waals surface area (Å²) < 4.78 is 5.58. The summed E-state index contributed by atoms with van der Waals surface area (Å²) in [5, 5.41) is 5.70. The maximum atomic E-state index is 12.3. The number of likely N-dealkylation sites (tertiary alicyclic amines) is 1. The fourth-order valence-electron chi connectivity index (χ4n) is 3.20. The molecule has 7 nitrogen and oxygen atoms in total. The van der Waals surface area contributed by atoms with E-state index in [1.54, 1.807) is 18.2 Å². The zero-order valence-corrected chi connectivity index (χ0v) is 14.3. The Hall–Kier alpha value is -2.41. The van der Waals surface area contributed by atoms with Crippen LogP contribution in [0.3, 0.4) is 0 Å². The third kappa shape index (κ3) is 4.17. The third-order valence-corrected chi connectivity index (χ3v) is 4.63. The number of nitrogens with zero attached hydrogens (tertiary/aromatic N) is 1. The van der Waals surface area contributed by atoms with Gasteiger partial charge in [-0.15, -0.1) is 0 Å². The Kier molecular flexibility index (Phi) is 5.33. The van der Waals surface area contributed by atoms with Crippen LogP contribution in [0, 0.1) is 0 Å². The van der Waals surface area contributed by atoms with Crippen LogP contribution in [0.1, 0.15) is 38.2 Å². The lowest BCUT2D eigenvalue weighted by Gasteiger charge is -2.21. The van der Waals surface area contributed by atoms with Gasteiger partial charge in [-0.3, -0.25) is 14.5 Å². The van der Waals surface area contributed by atoms with E-state index in [9.17, 15) is 14.4 Å². The molecule has 2 fully saturated rings. The highest BCUT2D eigenvalue weighted by atomic mass is 16.5. The average Bonchev–Trinajstić information content (AvgIpc) is 3.22. The molecule has 134 valence electrons. The normalized spacial score (nSPS) is 21.5. The topological polar surface area (TPSA) is 87.7 Å². The molecule has 0 spiro atoms. The van der Waals surface area contributed by atoms with E-state index in [2.05, 4.69) is 10.6 Å². The predicted octanol–water partition coefficient (Wildman–Crippen LogP) is 2.02. The quantitative estimate of drug-likeness (QED) is 0.799. The van der Waals surface area contributed by atoms with Crippen LogP contribution in [0.2, 0.25) is 0 Å². The van der Waals surface area contributed by atoms with Crippen molar-refractivity contribution in [2.24, 2.45) is 0 Å². The van der Waals surface area contributed by atoms with E-state index in [4.69, 9.17) is 4.74 Å². The molecule has 2 aliphatic heterocycles. The highest BCUT2D eigenvalue weighted by Gasteiger charge is 2.29. The Morgan fingerprint density at radius 1 is 1.28 bits per heavy atom. The molecule has 1 aromatic rings. The van der Waals surface area contributed by atoms with Crippen molar-refractivity contribution in [1.82, 2.24) is 10.2 Å². The number of carbonyl (C=O) groups excluding carboxylic acids is 3. The first-order valence-corrected chi connectivity index (χ1v) is 8.65. The smallest absolute Gasteiger partial charge is 0.319 e. The van der Waals surface area contributed by atoms with Crippen molar-refractivity contribution in [2.75, 3.05) is 11.9 Å². The third-order valence-electron chi connectivity index (χ3n) is 4.63. The van der Waals surface area contributed by atoms with Crippen LogP contribution < -0.4 is 10.6 Å². The minimum atomic E-state index is -0.325. The first-order chi connectivity index (χ1) is 12.0. The zero-order chi connectivity index (χ0) is 17.8. The van der Waals surface area contributed by atoms with Gasteiger partial charge in [0.25, 0.3) is 0 Å². The second kappa shape index (κ2) is 7.65. The maximum Gasteiger partial charge on any atom is 0.319 e. The number of rotatable bonds is 5. The molecule has 25 heavy (non-hydrogen) atoms. The van der Waals surface area contributed by atoms with Crippen LogP contribution in [-0.4, -0.2) is 41.5 Å². The van der Waals surface area contributed by atoms with Crippen molar-refractivity contribution in [3.05, 3.63) is 29.8 Å². The largest absolute Gasteiger partial charge is 0.376 e. The van der Waals surface area contributed by atoms with Gasteiger partial charge in [0.15, 0.2) is 0 Å². The number of ether oxygens (including phenoxy) is 1. The number of urea groups is 1. The maximum absolute atomic E-state index is 12.3. The van der Waals surface area contributed by atoms with Gasteiger partial charge in [0.1, 0.15) is 0 Å². The Balaban J connectivity index is 1.63. The van der Waals surface area contributed by atoms with Gasteiger partial charge in [0.05, 0.1) is 18.7 Å². The first-order valence-electron chi connectivity index (χ1n) is 8.65. The first kappa shape index (κ1) is 17.4. The highest BCUT2D eigenvalue weighted by Crippen LogP contribution is 2.21. The molecule has 0 aromatic heterocycles. The minimum Gasteiger partial charge on any atom is -0.376 e. The van der Waals surface area contributed by atoms with Crippen molar-refractivity contribution in [3.8, 4) is 0 Å². The molecule has 2 heterocycles. The number of amides is 4. The molecule has 2 atom stereocenters. The Morgan fingerprint density at radius 2 is 2.00 bits per heavy atom.